The fourth-order valence-corrected chi connectivity index (χ4v) is 2.65. The van der Waals surface area contributed by atoms with Gasteiger partial charge in [-0.1, -0.05) is 6.07 Å². The summed E-state index contributed by atoms with van der Waals surface area (Å²) in [6, 6.07) is 5.62. The van der Waals surface area contributed by atoms with Gasteiger partial charge in [0.05, 0.1) is 22.4 Å². The third-order valence-electron chi connectivity index (χ3n) is 2.84. The van der Waals surface area contributed by atoms with Gasteiger partial charge in [-0.15, -0.1) is 0 Å². The van der Waals surface area contributed by atoms with Gasteiger partial charge in [0.15, 0.2) is 5.17 Å². The Hall–Kier alpha value is -2.41. The zero-order chi connectivity index (χ0) is 14.8. The first-order chi connectivity index (χ1) is 10.2. The monoisotopic (exact) mass is 300 g/mol. The molecule has 21 heavy (non-hydrogen) atoms. The maximum Gasteiger partial charge on any atom is 0.286 e. The van der Waals surface area contributed by atoms with Crippen LogP contribution in [-0.4, -0.2) is 27.6 Å². The van der Waals surface area contributed by atoms with Gasteiger partial charge in [-0.3, -0.25) is 4.79 Å². The Morgan fingerprint density at radius 2 is 2.24 bits per heavy atom. The Morgan fingerprint density at radius 3 is 2.95 bits per heavy atom. The van der Waals surface area contributed by atoms with E-state index in [1.54, 1.807) is 6.08 Å². The van der Waals surface area contributed by atoms with Crippen molar-refractivity contribution in [3.05, 3.63) is 35.0 Å². The van der Waals surface area contributed by atoms with Crippen LogP contribution in [0, 0.1) is 0 Å². The predicted molar refractivity (Wildman–Crippen MR) is 82.9 cm³/mol. The number of fused-ring (bicyclic) bond motifs is 1. The fourth-order valence-electron chi connectivity index (χ4n) is 1.97. The SMILES string of the molecule is CCOc1ncnc2ccc(/C=C3\SC(N)=NC3=O)cc12. The molecule has 0 saturated carbocycles. The fraction of sp³-hybridized carbons (Fsp3) is 0.143. The number of aliphatic imine (C=N–C) groups is 1. The van der Waals surface area contributed by atoms with Crippen molar-refractivity contribution in [2.45, 2.75) is 6.92 Å². The Labute approximate surface area is 125 Å². The van der Waals surface area contributed by atoms with Crippen LogP contribution in [0.25, 0.3) is 17.0 Å². The number of ether oxygens (including phenoxy) is 1. The molecule has 1 amide bonds. The van der Waals surface area contributed by atoms with Crippen molar-refractivity contribution in [3.63, 3.8) is 0 Å². The molecule has 0 radical (unpaired) electrons. The smallest absolute Gasteiger partial charge is 0.286 e. The molecule has 106 valence electrons. The molecular formula is C14H12N4O2S. The maximum absolute atomic E-state index is 11.6. The van der Waals surface area contributed by atoms with Crippen molar-refractivity contribution < 1.29 is 9.53 Å². The molecule has 1 aliphatic heterocycles. The van der Waals surface area contributed by atoms with E-state index in [0.29, 0.717) is 17.4 Å². The Kier molecular flexibility index (Phi) is 3.57. The summed E-state index contributed by atoms with van der Waals surface area (Å²) >= 11 is 1.17. The number of hydrogen-bond donors (Lipinski definition) is 1. The van der Waals surface area contributed by atoms with Crippen LogP contribution in [0.15, 0.2) is 34.4 Å². The third kappa shape index (κ3) is 2.73. The summed E-state index contributed by atoms with van der Waals surface area (Å²) < 4.78 is 5.50. The van der Waals surface area contributed by atoms with E-state index in [4.69, 9.17) is 10.5 Å². The minimum atomic E-state index is -0.313. The molecule has 0 atom stereocenters. The average molecular weight is 300 g/mol. The van der Waals surface area contributed by atoms with Crippen LogP contribution in [-0.2, 0) is 4.79 Å². The number of aromatic nitrogens is 2. The highest BCUT2D eigenvalue weighted by Gasteiger charge is 2.19. The number of thioether (sulfide) groups is 1. The van der Waals surface area contributed by atoms with E-state index in [9.17, 15) is 4.79 Å². The third-order valence-corrected chi connectivity index (χ3v) is 3.65. The van der Waals surface area contributed by atoms with Gasteiger partial charge in [0.2, 0.25) is 5.88 Å². The van der Waals surface area contributed by atoms with Gasteiger partial charge in [-0.05, 0) is 42.5 Å². The molecule has 0 unspecified atom stereocenters. The van der Waals surface area contributed by atoms with Gasteiger partial charge < -0.3 is 10.5 Å². The number of carbonyl (C=O) groups is 1. The van der Waals surface area contributed by atoms with Crippen LogP contribution in [0.1, 0.15) is 12.5 Å². The van der Waals surface area contributed by atoms with E-state index in [0.717, 1.165) is 16.5 Å². The van der Waals surface area contributed by atoms with Crippen LogP contribution in [0.4, 0.5) is 0 Å². The van der Waals surface area contributed by atoms with Gasteiger partial charge in [-0.2, -0.15) is 4.99 Å². The van der Waals surface area contributed by atoms with Gasteiger partial charge in [0, 0.05) is 0 Å². The molecule has 1 aromatic heterocycles. The normalized spacial score (nSPS) is 16.5. The summed E-state index contributed by atoms with van der Waals surface area (Å²) in [6.45, 7) is 2.42. The van der Waals surface area contributed by atoms with Crippen LogP contribution >= 0.6 is 11.8 Å². The summed E-state index contributed by atoms with van der Waals surface area (Å²) in [5.74, 6) is 0.218. The lowest BCUT2D eigenvalue weighted by Crippen LogP contribution is -2.01. The highest BCUT2D eigenvalue weighted by atomic mass is 32.2. The van der Waals surface area contributed by atoms with E-state index >= 15 is 0 Å². The molecule has 2 aromatic rings. The summed E-state index contributed by atoms with van der Waals surface area (Å²) in [4.78, 5) is 24.1. The molecular weight excluding hydrogens is 288 g/mol. The number of benzene rings is 1. The van der Waals surface area contributed by atoms with Gasteiger partial charge in [0.1, 0.15) is 6.33 Å². The van der Waals surface area contributed by atoms with Gasteiger partial charge in [0.25, 0.3) is 5.91 Å². The van der Waals surface area contributed by atoms with Gasteiger partial charge in [-0.25, -0.2) is 9.97 Å². The minimum Gasteiger partial charge on any atom is -0.477 e. The first kappa shape index (κ1) is 13.6. The first-order valence-electron chi connectivity index (χ1n) is 6.33. The average Bonchev–Trinajstić information content (AvgIpc) is 2.78. The lowest BCUT2D eigenvalue weighted by Gasteiger charge is -2.06. The summed E-state index contributed by atoms with van der Waals surface area (Å²) in [5.41, 5.74) is 7.17. The number of carbonyl (C=O) groups excluding carboxylic acids is 1. The van der Waals surface area contributed by atoms with Crippen molar-refractivity contribution in [2.75, 3.05) is 6.61 Å². The summed E-state index contributed by atoms with van der Waals surface area (Å²) in [5, 5.41) is 1.07. The molecule has 0 saturated heterocycles. The lowest BCUT2D eigenvalue weighted by atomic mass is 10.1. The first-order valence-corrected chi connectivity index (χ1v) is 7.14. The topological polar surface area (TPSA) is 90.5 Å². The molecule has 0 bridgehead atoms. The Bertz CT molecular complexity index is 786. The maximum atomic E-state index is 11.6. The van der Waals surface area contributed by atoms with E-state index < -0.39 is 0 Å². The molecule has 1 aliphatic rings. The predicted octanol–water partition coefficient (Wildman–Crippen LogP) is 1.96. The number of amidine groups is 1. The van der Waals surface area contributed by atoms with Crippen molar-refractivity contribution in [1.29, 1.82) is 0 Å². The Morgan fingerprint density at radius 1 is 1.38 bits per heavy atom. The van der Waals surface area contributed by atoms with Crippen molar-refractivity contribution >= 4 is 39.8 Å². The molecule has 6 nitrogen and oxygen atoms in total. The molecule has 0 spiro atoms. The zero-order valence-corrected chi connectivity index (χ0v) is 12.1. The van der Waals surface area contributed by atoms with Crippen LogP contribution in [0.5, 0.6) is 5.88 Å². The van der Waals surface area contributed by atoms with Gasteiger partial charge >= 0.3 is 0 Å². The molecule has 2 heterocycles. The van der Waals surface area contributed by atoms with Crippen molar-refractivity contribution in [2.24, 2.45) is 10.7 Å². The zero-order valence-electron chi connectivity index (χ0n) is 11.2. The highest BCUT2D eigenvalue weighted by Crippen LogP contribution is 2.28. The number of nitrogens with zero attached hydrogens (tertiary/aromatic N) is 3. The van der Waals surface area contributed by atoms with Crippen LogP contribution in [0.2, 0.25) is 0 Å². The molecule has 0 fully saturated rings. The van der Waals surface area contributed by atoms with E-state index in [1.165, 1.54) is 18.1 Å². The number of hydrogen-bond acceptors (Lipinski definition) is 6. The summed E-state index contributed by atoms with van der Waals surface area (Å²) in [6.07, 6.45) is 3.22. The second-order valence-corrected chi connectivity index (χ2v) is 5.32. The van der Waals surface area contributed by atoms with Crippen molar-refractivity contribution in [1.82, 2.24) is 9.97 Å². The Balaban J connectivity index is 2.03. The van der Waals surface area contributed by atoms with Crippen LogP contribution in [0.3, 0.4) is 0 Å². The second kappa shape index (κ2) is 5.53. The standard InChI is InChI=1S/C14H12N4O2S/c1-2-20-13-9-5-8(3-4-10(9)16-7-17-13)6-11-12(19)18-14(15)21-11/h3-7H,2H2,1H3,(H2,15,18,19)/b11-6-. The number of rotatable bonds is 3. The summed E-state index contributed by atoms with van der Waals surface area (Å²) in [7, 11) is 0. The van der Waals surface area contributed by atoms with E-state index in [-0.39, 0.29) is 11.1 Å². The molecule has 1 aromatic carbocycles. The largest absolute Gasteiger partial charge is 0.477 e. The lowest BCUT2D eigenvalue weighted by molar-refractivity contribution is -0.113. The van der Waals surface area contributed by atoms with Crippen molar-refractivity contribution in [3.8, 4) is 5.88 Å². The molecule has 7 heteroatoms. The number of amides is 1. The quantitative estimate of drug-likeness (QED) is 0.871. The highest BCUT2D eigenvalue weighted by molar-refractivity contribution is 8.18. The molecule has 0 aliphatic carbocycles. The van der Waals surface area contributed by atoms with E-state index in [1.807, 2.05) is 25.1 Å². The molecule has 2 N–H and O–H groups in total. The van der Waals surface area contributed by atoms with Crippen LogP contribution < -0.4 is 10.5 Å². The minimum absolute atomic E-state index is 0.269. The second-order valence-electron chi connectivity index (χ2n) is 4.25. The molecule has 3 rings (SSSR count). The van der Waals surface area contributed by atoms with E-state index in [2.05, 4.69) is 15.0 Å². The number of nitrogens with two attached hydrogens (primary N) is 1.